The molecule has 0 aliphatic rings. The number of aromatic nitrogens is 2. The van der Waals surface area contributed by atoms with Crippen LogP contribution >= 0.6 is 45.8 Å². The largest absolute Gasteiger partial charge is 0.382 e. The third-order valence-corrected chi connectivity index (χ3v) is 4.53. The second-order valence-electron chi connectivity index (χ2n) is 4.50. The Balaban J connectivity index is 2.19. The minimum absolute atomic E-state index is 0.433. The van der Waals surface area contributed by atoms with Gasteiger partial charge in [-0.25, -0.2) is 0 Å². The van der Waals surface area contributed by atoms with Crippen LogP contribution in [0.25, 0.3) is 22.4 Å². The summed E-state index contributed by atoms with van der Waals surface area (Å²) in [6.07, 6.45) is 0. The highest BCUT2D eigenvalue weighted by Crippen LogP contribution is 2.37. The predicted molar refractivity (Wildman–Crippen MR) is 96.6 cm³/mol. The summed E-state index contributed by atoms with van der Waals surface area (Å²) in [5.41, 5.74) is 9.61. The smallest absolute Gasteiger partial charge is 0.153 e. The van der Waals surface area contributed by atoms with Crippen molar-refractivity contribution in [2.24, 2.45) is 0 Å². The maximum absolute atomic E-state index is 6.10. The van der Waals surface area contributed by atoms with Gasteiger partial charge in [0.15, 0.2) is 5.82 Å². The third-order valence-electron chi connectivity index (χ3n) is 3.12. The Morgan fingerprint density at radius 2 is 1.81 bits per heavy atom. The molecule has 0 atom stereocenters. The van der Waals surface area contributed by atoms with E-state index in [0.29, 0.717) is 15.9 Å². The van der Waals surface area contributed by atoms with Crippen LogP contribution in [-0.4, -0.2) is 10.2 Å². The quantitative estimate of drug-likeness (QED) is 0.547. The van der Waals surface area contributed by atoms with Crippen molar-refractivity contribution in [2.45, 2.75) is 0 Å². The van der Waals surface area contributed by atoms with E-state index < -0.39 is 0 Å². The average Bonchev–Trinajstić information content (AvgIpc) is 2.84. The monoisotopic (exact) mass is 429 g/mol. The van der Waals surface area contributed by atoms with Crippen LogP contribution in [0, 0.1) is 3.57 Å². The number of nitrogens with two attached hydrogens (primary N) is 1. The zero-order valence-electron chi connectivity index (χ0n) is 10.7. The zero-order valence-corrected chi connectivity index (χ0v) is 14.4. The van der Waals surface area contributed by atoms with Crippen LogP contribution in [0.4, 0.5) is 5.82 Å². The van der Waals surface area contributed by atoms with E-state index in [9.17, 15) is 0 Å². The van der Waals surface area contributed by atoms with E-state index in [1.807, 2.05) is 24.3 Å². The van der Waals surface area contributed by atoms with Crippen LogP contribution in [-0.2, 0) is 0 Å². The lowest BCUT2D eigenvalue weighted by molar-refractivity contribution is 1.10. The molecule has 3 rings (SSSR count). The van der Waals surface area contributed by atoms with Gasteiger partial charge in [0.2, 0.25) is 0 Å². The van der Waals surface area contributed by atoms with E-state index in [-0.39, 0.29) is 0 Å². The summed E-state index contributed by atoms with van der Waals surface area (Å²) >= 11 is 14.3. The van der Waals surface area contributed by atoms with Gasteiger partial charge < -0.3 is 5.73 Å². The first-order valence-electron chi connectivity index (χ1n) is 6.11. The normalized spacial score (nSPS) is 10.8. The van der Waals surface area contributed by atoms with Crippen molar-refractivity contribution < 1.29 is 0 Å². The Labute approximate surface area is 145 Å². The summed E-state index contributed by atoms with van der Waals surface area (Å²) in [4.78, 5) is 0. The van der Waals surface area contributed by atoms with E-state index in [0.717, 1.165) is 26.0 Å². The van der Waals surface area contributed by atoms with Gasteiger partial charge >= 0.3 is 0 Å². The van der Waals surface area contributed by atoms with Crippen molar-refractivity contribution in [2.75, 3.05) is 5.73 Å². The fourth-order valence-electron chi connectivity index (χ4n) is 2.15. The van der Waals surface area contributed by atoms with Crippen molar-refractivity contribution in [3.05, 3.63) is 56.1 Å². The molecule has 1 heterocycles. The highest BCUT2D eigenvalue weighted by molar-refractivity contribution is 14.1. The first kappa shape index (κ1) is 14.7. The Hall–Kier alpha value is -1.24. The number of H-pyrrole nitrogens is 1. The molecule has 6 heteroatoms. The van der Waals surface area contributed by atoms with E-state index >= 15 is 0 Å². The zero-order chi connectivity index (χ0) is 15.0. The van der Waals surface area contributed by atoms with Gasteiger partial charge in [-0.1, -0.05) is 41.4 Å². The molecule has 0 saturated carbocycles. The number of rotatable bonds is 2. The van der Waals surface area contributed by atoms with Crippen LogP contribution in [0.15, 0.2) is 42.5 Å². The number of benzene rings is 2. The molecule has 0 saturated heterocycles. The van der Waals surface area contributed by atoms with Crippen molar-refractivity contribution in [1.82, 2.24) is 10.2 Å². The van der Waals surface area contributed by atoms with E-state index in [2.05, 4.69) is 38.9 Å². The van der Waals surface area contributed by atoms with Crippen molar-refractivity contribution in [3.63, 3.8) is 0 Å². The molecule has 1 aromatic heterocycles. The maximum Gasteiger partial charge on any atom is 0.153 e. The second-order valence-corrected chi connectivity index (χ2v) is 6.56. The lowest BCUT2D eigenvalue weighted by Crippen LogP contribution is -1.89. The number of hydrogen-bond donors (Lipinski definition) is 2. The van der Waals surface area contributed by atoms with Gasteiger partial charge in [0.05, 0.1) is 21.3 Å². The molecule has 0 aliphatic carbocycles. The molecule has 3 aromatic rings. The molecule has 0 spiro atoms. The van der Waals surface area contributed by atoms with Crippen molar-refractivity contribution in [1.29, 1.82) is 0 Å². The van der Waals surface area contributed by atoms with Gasteiger partial charge in [-0.3, -0.25) is 5.10 Å². The first-order chi connectivity index (χ1) is 10.1. The minimum Gasteiger partial charge on any atom is -0.382 e. The standard InChI is InChI=1S/C15H10Cl2IN3/c16-11-5-4-8(7-12(11)17)13-14(20-21-15(13)19)9-2-1-3-10(18)6-9/h1-7H,(H3,19,20,21). The molecule has 0 radical (unpaired) electrons. The molecular weight excluding hydrogens is 420 g/mol. The van der Waals surface area contributed by atoms with Crippen LogP contribution in [0.3, 0.4) is 0 Å². The maximum atomic E-state index is 6.10. The highest BCUT2D eigenvalue weighted by atomic mass is 127. The SMILES string of the molecule is Nc1n[nH]c(-c2cccc(I)c2)c1-c1ccc(Cl)c(Cl)c1. The fourth-order valence-corrected chi connectivity index (χ4v) is 2.99. The van der Waals surface area contributed by atoms with Crippen molar-refractivity contribution >= 4 is 51.6 Å². The van der Waals surface area contributed by atoms with Gasteiger partial charge in [0, 0.05) is 9.13 Å². The van der Waals surface area contributed by atoms with Gasteiger partial charge in [-0.05, 0) is 52.4 Å². The number of nitrogens with zero attached hydrogens (tertiary/aromatic N) is 1. The molecule has 3 N–H and O–H groups in total. The molecular formula is C15H10Cl2IN3. The van der Waals surface area contributed by atoms with Crippen LogP contribution < -0.4 is 5.73 Å². The lowest BCUT2D eigenvalue weighted by atomic mass is 10.0. The van der Waals surface area contributed by atoms with E-state index in [4.69, 9.17) is 28.9 Å². The minimum atomic E-state index is 0.433. The molecule has 0 aliphatic heterocycles. The Kier molecular flexibility index (Phi) is 4.10. The number of nitrogens with one attached hydrogen (secondary N) is 1. The molecule has 0 bridgehead atoms. The first-order valence-corrected chi connectivity index (χ1v) is 7.95. The molecule has 2 aromatic carbocycles. The summed E-state index contributed by atoms with van der Waals surface area (Å²) in [7, 11) is 0. The van der Waals surface area contributed by atoms with Gasteiger partial charge in [-0.2, -0.15) is 5.10 Å². The Morgan fingerprint density at radius 1 is 1.00 bits per heavy atom. The highest BCUT2D eigenvalue weighted by Gasteiger charge is 2.15. The van der Waals surface area contributed by atoms with Gasteiger partial charge in [0.1, 0.15) is 0 Å². The van der Waals surface area contributed by atoms with Crippen molar-refractivity contribution in [3.8, 4) is 22.4 Å². The fraction of sp³-hybridized carbons (Fsp3) is 0. The summed E-state index contributed by atoms with van der Waals surface area (Å²) in [5.74, 6) is 0.433. The number of anilines is 1. The number of aromatic amines is 1. The van der Waals surface area contributed by atoms with Gasteiger partial charge in [-0.15, -0.1) is 0 Å². The average molecular weight is 430 g/mol. The number of nitrogen functional groups attached to an aromatic ring is 1. The summed E-state index contributed by atoms with van der Waals surface area (Å²) in [5, 5.41) is 8.12. The van der Waals surface area contributed by atoms with E-state index in [1.54, 1.807) is 12.1 Å². The summed E-state index contributed by atoms with van der Waals surface area (Å²) in [6, 6.07) is 13.5. The Morgan fingerprint density at radius 3 is 2.52 bits per heavy atom. The molecule has 106 valence electrons. The topological polar surface area (TPSA) is 54.7 Å². The van der Waals surface area contributed by atoms with Crippen LogP contribution in [0.2, 0.25) is 10.0 Å². The molecule has 21 heavy (non-hydrogen) atoms. The predicted octanol–water partition coefficient (Wildman–Crippen LogP) is 5.24. The van der Waals surface area contributed by atoms with Gasteiger partial charge in [0.25, 0.3) is 0 Å². The molecule has 0 unspecified atom stereocenters. The number of hydrogen-bond acceptors (Lipinski definition) is 2. The third kappa shape index (κ3) is 2.88. The summed E-state index contributed by atoms with van der Waals surface area (Å²) < 4.78 is 1.14. The molecule has 3 nitrogen and oxygen atoms in total. The van der Waals surface area contributed by atoms with Crippen LogP contribution in [0.1, 0.15) is 0 Å². The second kappa shape index (κ2) is 5.87. The number of halogens is 3. The van der Waals surface area contributed by atoms with Crippen LogP contribution in [0.5, 0.6) is 0 Å². The molecule has 0 amide bonds. The Bertz CT molecular complexity index is 814. The molecule has 0 fully saturated rings. The summed E-state index contributed by atoms with van der Waals surface area (Å²) in [6.45, 7) is 0. The lowest BCUT2D eigenvalue weighted by Gasteiger charge is -2.06. The van der Waals surface area contributed by atoms with E-state index in [1.165, 1.54) is 0 Å².